The molecule has 0 aliphatic rings. The number of alkyl halides is 6. The maximum atomic E-state index is 12.3. The second-order valence-electron chi connectivity index (χ2n) is 4.16. The van der Waals surface area contributed by atoms with Gasteiger partial charge in [-0.1, -0.05) is 0 Å². The number of ketones is 1. The Labute approximate surface area is 146 Å². The predicted octanol–water partition coefficient (Wildman–Crippen LogP) is 4.50. The zero-order chi connectivity index (χ0) is 19.4. The first-order valence-electron chi connectivity index (χ1n) is 5.98. The minimum absolute atomic E-state index is 0.403. The lowest BCUT2D eigenvalue weighted by molar-refractivity contribution is -0.142. The van der Waals surface area contributed by atoms with Crippen LogP contribution in [-0.4, -0.2) is 25.7 Å². The fourth-order valence-corrected chi connectivity index (χ4v) is 1.61. The normalized spacial score (nSPS) is 11.6. The molecule has 0 aliphatic heterocycles. The van der Waals surface area contributed by atoms with Crippen LogP contribution < -0.4 is 0 Å². The number of carbonyl (C=O) groups excluding carboxylic acids is 1. The van der Waals surface area contributed by atoms with Gasteiger partial charge in [0.15, 0.2) is 11.5 Å². The molecule has 0 spiro atoms. The van der Waals surface area contributed by atoms with Crippen molar-refractivity contribution >= 4 is 29.0 Å². The number of nitrogens with zero attached hydrogens (tertiary/aromatic N) is 4. The molecule has 2 heterocycles. The van der Waals surface area contributed by atoms with E-state index < -0.39 is 45.7 Å². The van der Waals surface area contributed by atoms with Gasteiger partial charge >= 0.3 is 12.4 Å². The third kappa shape index (κ3) is 6.42. The molecular weight excluding hydrogens is 401 g/mol. The summed E-state index contributed by atoms with van der Waals surface area (Å²) >= 11 is 10.3. The van der Waals surface area contributed by atoms with Crippen LogP contribution in [-0.2, 0) is 12.4 Å². The molecule has 0 saturated heterocycles. The predicted molar refractivity (Wildman–Crippen MR) is 74.1 cm³/mol. The summed E-state index contributed by atoms with van der Waals surface area (Å²) in [4.78, 5) is 23.4. The molecular formula is C12H6Cl2F6N4O. The largest absolute Gasteiger partial charge is 0.434 e. The molecule has 13 heteroatoms. The zero-order valence-electron chi connectivity index (χ0n) is 12.0. The zero-order valence-corrected chi connectivity index (χ0v) is 13.5. The number of hydrogen-bond acceptors (Lipinski definition) is 5. The molecule has 5 nitrogen and oxygen atoms in total. The second-order valence-corrected chi connectivity index (χ2v) is 4.84. The average molecular weight is 407 g/mol. The lowest BCUT2D eigenvalue weighted by Crippen LogP contribution is -2.15. The van der Waals surface area contributed by atoms with Crippen molar-refractivity contribution in [3.63, 3.8) is 0 Å². The van der Waals surface area contributed by atoms with Crippen LogP contribution in [0.5, 0.6) is 0 Å². The molecule has 0 radical (unpaired) electrons. The molecule has 0 aromatic carbocycles. The Hall–Kier alpha value is -2.01. The van der Waals surface area contributed by atoms with Crippen molar-refractivity contribution in [3.8, 4) is 0 Å². The van der Waals surface area contributed by atoms with Gasteiger partial charge in [0.25, 0.3) is 0 Å². The van der Waals surface area contributed by atoms with Crippen LogP contribution >= 0.6 is 23.2 Å². The summed E-state index contributed by atoms with van der Waals surface area (Å²) in [6, 6.07) is 0.756. The first kappa shape index (κ1) is 21.0. The number of aromatic nitrogens is 4. The topological polar surface area (TPSA) is 68.6 Å². The lowest BCUT2D eigenvalue weighted by atomic mass is 10.1. The Kier molecular flexibility index (Phi) is 6.66. The quantitative estimate of drug-likeness (QED) is 0.396. The highest BCUT2D eigenvalue weighted by molar-refractivity contribution is 6.28. The SMILES string of the molecule is CC(=O)c1cnc(Cl)nc1C(F)(F)F.FC(F)(F)c1ccnc(Cl)n1. The molecule has 0 unspecified atom stereocenters. The minimum atomic E-state index is -4.70. The van der Waals surface area contributed by atoms with Crippen molar-refractivity contribution in [3.05, 3.63) is 46.0 Å². The molecule has 25 heavy (non-hydrogen) atoms. The molecule has 2 aromatic heterocycles. The Morgan fingerprint density at radius 3 is 1.92 bits per heavy atom. The van der Waals surface area contributed by atoms with Crippen molar-refractivity contribution in [2.75, 3.05) is 0 Å². The van der Waals surface area contributed by atoms with Crippen molar-refractivity contribution < 1.29 is 31.1 Å². The van der Waals surface area contributed by atoms with Crippen LogP contribution in [0.4, 0.5) is 26.3 Å². The summed E-state index contributed by atoms with van der Waals surface area (Å²) in [7, 11) is 0. The molecule has 0 bridgehead atoms. The van der Waals surface area contributed by atoms with Gasteiger partial charge in [0.2, 0.25) is 10.6 Å². The summed E-state index contributed by atoms with van der Waals surface area (Å²) < 4.78 is 72.3. The van der Waals surface area contributed by atoms with Gasteiger partial charge in [0.1, 0.15) is 5.69 Å². The Morgan fingerprint density at radius 1 is 0.960 bits per heavy atom. The van der Waals surface area contributed by atoms with Crippen molar-refractivity contribution in [2.45, 2.75) is 19.3 Å². The third-order valence-corrected chi connectivity index (χ3v) is 2.69. The number of Topliss-reactive ketones (excluding diaryl/α,β-unsaturated/α-hetero) is 1. The second kappa shape index (κ2) is 7.91. The Bertz CT molecular complexity index is 766. The van der Waals surface area contributed by atoms with Crippen molar-refractivity contribution in [1.29, 1.82) is 0 Å². The molecule has 136 valence electrons. The molecule has 0 atom stereocenters. The molecule has 0 aliphatic carbocycles. The summed E-state index contributed by atoms with van der Waals surface area (Å²) in [6.07, 6.45) is -7.43. The van der Waals surface area contributed by atoms with E-state index in [0.717, 1.165) is 25.4 Å². The van der Waals surface area contributed by atoms with E-state index in [0.29, 0.717) is 0 Å². The van der Waals surface area contributed by atoms with E-state index in [1.165, 1.54) is 0 Å². The van der Waals surface area contributed by atoms with E-state index in [1.54, 1.807) is 0 Å². The monoisotopic (exact) mass is 406 g/mol. The van der Waals surface area contributed by atoms with Crippen LogP contribution in [0.25, 0.3) is 0 Å². The Balaban J connectivity index is 0.000000257. The molecule has 2 rings (SSSR count). The van der Waals surface area contributed by atoms with Crippen LogP contribution in [0, 0.1) is 0 Å². The molecule has 2 aromatic rings. The van der Waals surface area contributed by atoms with E-state index in [4.69, 9.17) is 23.2 Å². The number of carbonyl (C=O) groups is 1. The molecule has 0 N–H and O–H groups in total. The fraction of sp³-hybridized carbons (Fsp3) is 0.250. The van der Waals surface area contributed by atoms with Gasteiger partial charge in [0.05, 0.1) is 5.56 Å². The van der Waals surface area contributed by atoms with Gasteiger partial charge in [-0.05, 0) is 36.2 Å². The third-order valence-electron chi connectivity index (χ3n) is 2.32. The molecule has 0 saturated carbocycles. The summed E-state index contributed by atoms with van der Waals surface area (Å²) in [5, 5.41) is -0.942. The highest BCUT2D eigenvalue weighted by atomic mass is 35.5. The van der Waals surface area contributed by atoms with E-state index >= 15 is 0 Å². The van der Waals surface area contributed by atoms with Crippen molar-refractivity contribution in [2.24, 2.45) is 0 Å². The van der Waals surface area contributed by atoms with Gasteiger partial charge in [-0.15, -0.1) is 0 Å². The summed E-state index contributed by atoms with van der Waals surface area (Å²) in [6.45, 7) is 1.00. The maximum Gasteiger partial charge on any atom is 0.434 e. The minimum Gasteiger partial charge on any atom is -0.294 e. The Morgan fingerprint density at radius 2 is 1.52 bits per heavy atom. The van der Waals surface area contributed by atoms with Crippen LogP contribution in [0.15, 0.2) is 18.5 Å². The smallest absolute Gasteiger partial charge is 0.294 e. The first-order chi connectivity index (χ1) is 11.3. The molecule has 0 fully saturated rings. The highest BCUT2D eigenvalue weighted by Gasteiger charge is 2.37. The van der Waals surface area contributed by atoms with Gasteiger partial charge < -0.3 is 0 Å². The summed E-state index contributed by atoms with van der Waals surface area (Å²) in [5.41, 5.74) is -2.91. The van der Waals surface area contributed by atoms with Gasteiger partial charge in [-0.3, -0.25) is 4.79 Å². The summed E-state index contributed by atoms with van der Waals surface area (Å²) in [5.74, 6) is -0.756. The number of halogens is 8. The average Bonchev–Trinajstić information content (AvgIpc) is 2.45. The van der Waals surface area contributed by atoms with Crippen LogP contribution in [0.2, 0.25) is 10.6 Å². The van der Waals surface area contributed by atoms with Gasteiger partial charge in [-0.25, -0.2) is 19.9 Å². The maximum absolute atomic E-state index is 12.3. The fourth-order valence-electron chi connectivity index (χ4n) is 1.33. The number of rotatable bonds is 1. The highest BCUT2D eigenvalue weighted by Crippen LogP contribution is 2.30. The van der Waals surface area contributed by atoms with Crippen LogP contribution in [0.3, 0.4) is 0 Å². The van der Waals surface area contributed by atoms with E-state index in [1.807, 2.05) is 0 Å². The lowest BCUT2D eigenvalue weighted by Gasteiger charge is -2.08. The van der Waals surface area contributed by atoms with E-state index in [2.05, 4.69) is 19.9 Å². The van der Waals surface area contributed by atoms with Gasteiger partial charge in [0, 0.05) is 12.4 Å². The van der Waals surface area contributed by atoms with Gasteiger partial charge in [-0.2, -0.15) is 26.3 Å². The van der Waals surface area contributed by atoms with E-state index in [-0.39, 0.29) is 0 Å². The van der Waals surface area contributed by atoms with Crippen LogP contribution in [0.1, 0.15) is 28.7 Å². The van der Waals surface area contributed by atoms with E-state index in [9.17, 15) is 31.1 Å². The molecule has 0 amide bonds. The first-order valence-corrected chi connectivity index (χ1v) is 6.74. The number of hydrogen-bond donors (Lipinski definition) is 0. The standard InChI is InChI=1S/C7H4ClF3N2O.C5H2ClF3N2/c1-3(14)4-2-12-6(8)13-5(4)7(9,10)11;6-4-10-2-1-3(11-4)5(7,8)9/h2H,1H3;1-2H. The van der Waals surface area contributed by atoms with Crippen molar-refractivity contribution in [1.82, 2.24) is 19.9 Å².